The molecule has 0 N–H and O–H groups in total. The molecule has 3 nitrogen and oxygen atoms in total. The van der Waals surface area contributed by atoms with Gasteiger partial charge in [-0.2, -0.15) is 0 Å². The third kappa shape index (κ3) is 1.58. The average molecular weight is 210 g/mol. The Morgan fingerprint density at radius 1 is 1.67 bits per heavy atom. The molecule has 0 aromatic heterocycles. The maximum atomic E-state index is 11.9. The van der Waals surface area contributed by atoms with Crippen LogP contribution in [0.2, 0.25) is 0 Å². The van der Waals surface area contributed by atoms with E-state index in [1.54, 1.807) is 0 Å². The van der Waals surface area contributed by atoms with Crippen molar-refractivity contribution in [3.8, 4) is 0 Å². The lowest BCUT2D eigenvalue weighted by Gasteiger charge is -2.10. The summed E-state index contributed by atoms with van der Waals surface area (Å²) in [6.07, 6.45) is 3.27. The van der Waals surface area contributed by atoms with Crippen LogP contribution in [0.4, 0.5) is 0 Å². The molecule has 3 unspecified atom stereocenters. The normalized spacial score (nSPS) is 34.5. The van der Waals surface area contributed by atoms with E-state index < -0.39 is 5.41 Å². The van der Waals surface area contributed by atoms with E-state index in [1.807, 2.05) is 0 Å². The number of hydrogen-bond donors (Lipinski definition) is 0. The number of ether oxygens (including phenoxy) is 1. The Hall–Kier alpha value is -0.860. The molecular weight excluding hydrogens is 192 g/mol. The molecule has 0 aromatic carbocycles. The first-order chi connectivity index (χ1) is 7.11. The molecule has 2 fully saturated rings. The highest BCUT2D eigenvalue weighted by Gasteiger charge is 2.69. The topological polar surface area (TPSA) is 43.4 Å². The zero-order valence-corrected chi connectivity index (χ0v) is 9.41. The van der Waals surface area contributed by atoms with Crippen LogP contribution in [-0.4, -0.2) is 18.4 Å². The second-order valence-electron chi connectivity index (χ2n) is 4.95. The molecule has 0 amide bonds. The third-order valence-corrected chi connectivity index (χ3v) is 3.94. The Morgan fingerprint density at radius 2 is 2.40 bits per heavy atom. The molecule has 3 atom stereocenters. The number of cyclic esters (lactones) is 1. The van der Waals surface area contributed by atoms with Gasteiger partial charge in [-0.05, 0) is 18.8 Å². The van der Waals surface area contributed by atoms with E-state index in [-0.39, 0.29) is 17.7 Å². The van der Waals surface area contributed by atoms with Crippen molar-refractivity contribution in [3.05, 3.63) is 0 Å². The van der Waals surface area contributed by atoms with Crippen molar-refractivity contribution in [3.63, 3.8) is 0 Å². The van der Waals surface area contributed by atoms with Crippen molar-refractivity contribution in [2.24, 2.45) is 17.3 Å². The fourth-order valence-corrected chi connectivity index (χ4v) is 2.35. The van der Waals surface area contributed by atoms with E-state index in [0.717, 1.165) is 19.3 Å². The quantitative estimate of drug-likeness (QED) is 0.514. The van der Waals surface area contributed by atoms with Crippen LogP contribution >= 0.6 is 0 Å². The van der Waals surface area contributed by atoms with Crippen molar-refractivity contribution in [2.75, 3.05) is 6.61 Å². The summed E-state index contributed by atoms with van der Waals surface area (Å²) in [4.78, 5) is 23.4. The Morgan fingerprint density at radius 3 is 2.87 bits per heavy atom. The first-order valence-corrected chi connectivity index (χ1v) is 5.81. The smallest absolute Gasteiger partial charge is 0.320 e. The highest BCUT2D eigenvalue weighted by molar-refractivity contribution is 6.08. The number of Topliss-reactive ketones (excluding diaryl/α,β-unsaturated/α-hetero) is 1. The van der Waals surface area contributed by atoms with Crippen molar-refractivity contribution in [2.45, 2.75) is 39.5 Å². The highest BCUT2D eigenvalue weighted by atomic mass is 16.5. The maximum absolute atomic E-state index is 11.9. The lowest BCUT2D eigenvalue weighted by molar-refractivity contribution is -0.148. The molecular formula is C12H18O3. The van der Waals surface area contributed by atoms with Gasteiger partial charge < -0.3 is 4.74 Å². The van der Waals surface area contributed by atoms with Crippen LogP contribution in [0.25, 0.3) is 0 Å². The SMILES string of the molecule is CCC(C)CCC(=O)C12CC1COC2=O. The Balaban J connectivity index is 1.90. The van der Waals surface area contributed by atoms with Crippen LogP contribution in [0.1, 0.15) is 39.5 Å². The first kappa shape index (κ1) is 10.7. The largest absolute Gasteiger partial charge is 0.465 e. The summed E-state index contributed by atoms with van der Waals surface area (Å²) >= 11 is 0. The molecule has 84 valence electrons. The molecule has 1 saturated carbocycles. The number of hydrogen-bond acceptors (Lipinski definition) is 3. The van der Waals surface area contributed by atoms with E-state index in [2.05, 4.69) is 13.8 Å². The van der Waals surface area contributed by atoms with Gasteiger partial charge in [0.05, 0.1) is 6.61 Å². The summed E-state index contributed by atoms with van der Waals surface area (Å²) in [5.74, 6) is 0.631. The summed E-state index contributed by atoms with van der Waals surface area (Å²) in [6, 6.07) is 0. The number of esters is 1. The van der Waals surface area contributed by atoms with Gasteiger partial charge in [0.15, 0.2) is 5.78 Å². The van der Waals surface area contributed by atoms with Gasteiger partial charge in [-0.15, -0.1) is 0 Å². The minimum atomic E-state index is -0.687. The van der Waals surface area contributed by atoms with Crippen molar-refractivity contribution in [1.82, 2.24) is 0 Å². The van der Waals surface area contributed by atoms with Crippen molar-refractivity contribution in [1.29, 1.82) is 0 Å². The number of fused-ring (bicyclic) bond motifs is 1. The molecule has 15 heavy (non-hydrogen) atoms. The predicted octanol–water partition coefficient (Wildman–Crippen LogP) is 1.94. The van der Waals surface area contributed by atoms with Crippen molar-refractivity contribution < 1.29 is 14.3 Å². The number of carbonyl (C=O) groups is 2. The first-order valence-electron chi connectivity index (χ1n) is 5.81. The van der Waals surface area contributed by atoms with Gasteiger partial charge in [-0.3, -0.25) is 9.59 Å². The Bertz CT molecular complexity index is 297. The van der Waals surface area contributed by atoms with E-state index >= 15 is 0 Å². The van der Waals surface area contributed by atoms with Gasteiger partial charge in [0.1, 0.15) is 5.41 Å². The molecule has 1 saturated heterocycles. The Kier molecular flexibility index (Phi) is 2.57. The second-order valence-corrected chi connectivity index (χ2v) is 4.95. The lowest BCUT2D eigenvalue weighted by Crippen LogP contribution is -2.25. The molecule has 1 heterocycles. The molecule has 2 rings (SSSR count). The fraction of sp³-hybridized carbons (Fsp3) is 0.833. The number of carbonyl (C=O) groups excluding carboxylic acids is 2. The number of rotatable bonds is 5. The van der Waals surface area contributed by atoms with Crippen LogP contribution in [0.15, 0.2) is 0 Å². The van der Waals surface area contributed by atoms with Crippen LogP contribution in [0.3, 0.4) is 0 Å². The standard InChI is InChI=1S/C12H18O3/c1-3-8(2)4-5-10(13)12-6-9(12)7-15-11(12)14/h8-9H,3-7H2,1-2H3. The van der Waals surface area contributed by atoms with Gasteiger partial charge in [0.2, 0.25) is 0 Å². The maximum Gasteiger partial charge on any atom is 0.320 e. The molecule has 1 aliphatic carbocycles. The van der Waals surface area contributed by atoms with Crippen LogP contribution in [0, 0.1) is 17.3 Å². The van der Waals surface area contributed by atoms with Gasteiger partial charge in [0.25, 0.3) is 0 Å². The van der Waals surface area contributed by atoms with Crippen molar-refractivity contribution >= 4 is 11.8 Å². The summed E-state index contributed by atoms with van der Waals surface area (Å²) in [7, 11) is 0. The van der Waals surface area contributed by atoms with Gasteiger partial charge in [0, 0.05) is 12.3 Å². The summed E-state index contributed by atoms with van der Waals surface area (Å²) in [5, 5.41) is 0. The van der Waals surface area contributed by atoms with E-state index in [0.29, 0.717) is 18.9 Å². The highest BCUT2D eigenvalue weighted by Crippen LogP contribution is 2.59. The van der Waals surface area contributed by atoms with Gasteiger partial charge in [-0.25, -0.2) is 0 Å². The molecule has 0 radical (unpaired) electrons. The molecule has 3 heteroatoms. The number of ketones is 1. The van der Waals surface area contributed by atoms with Crippen LogP contribution in [0.5, 0.6) is 0 Å². The molecule has 0 bridgehead atoms. The van der Waals surface area contributed by atoms with E-state index in [1.165, 1.54) is 0 Å². The summed E-state index contributed by atoms with van der Waals surface area (Å²) < 4.78 is 4.91. The second kappa shape index (κ2) is 3.62. The summed E-state index contributed by atoms with van der Waals surface area (Å²) in [5.41, 5.74) is -0.687. The van der Waals surface area contributed by atoms with Crippen LogP contribution in [-0.2, 0) is 14.3 Å². The van der Waals surface area contributed by atoms with E-state index in [4.69, 9.17) is 4.74 Å². The van der Waals surface area contributed by atoms with Crippen LogP contribution < -0.4 is 0 Å². The fourth-order valence-electron chi connectivity index (χ4n) is 2.35. The molecule has 2 aliphatic rings. The lowest BCUT2D eigenvalue weighted by atomic mass is 9.92. The molecule has 0 aromatic rings. The van der Waals surface area contributed by atoms with Gasteiger partial charge >= 0.3 is 5.97 Å². The molecule has 1 aliphatic heterocycles. The van der Waals surface area contributed by atoms with Gasteiger partial charge in [-0.1, -0.05) is 20.3 Å². The van der Waals surface area contributed by atoms with E-state index in [9.17, 15) is 9.59 Å². The monoisotopic (exact) mass is 210 g/mol. The minimum absolute atomic E-state index is 0.121. The predicted molar refractivity (Wildman–Crippen MR) is 55.2 cm³/mol. The molecule has 0 spiro atoms. The summed E-state index contributed by atoms with van der Waals surface area (Å²) in [6.45, 7) is 4.73. The third-order valence-electron chi connectivity index (χ3n) is 3.94. The zero-order chi connectivity index (χ0) is 11.1. The minimum Gasteiger partial charge on any atom is -0.465 e. The zero-order valence-electron chi connectivity index (χ0n) is 9.41. The average Bonchev–Trinajstić information content (AvgIpc) is 2.90. The Labute approximate surface area is 90.2 Å².